The van der Waals surface area contributed by atoms with Crippen LogP contribution in [0.2, 0.25) is 0 Å². The molecule has 1 atom stereocenters. The SMILES string of the molecule is Cc1cccc2cc(CN(C[C@H]3CCCO3)C(=O)CCC(N)=O)c(N(C)C)nc12. The molecule has 1 fully saturated rings. The first kappa shape index (κ1) is 21.0. The molecule has 7 nitrogen and oxygen atoms in total. The normalized spacial score (nSPS) is 16.2. The minimum absolute atomic E-state index is 0.0333. The van der Waals surface area contributed by atoms with Crippen molar-refractivity contribution in [2.75, 3.05) is 32.1 Å². The lowest BCUT2D eigenvalue weighted by Crippen LogP contribution is -2.37. The summed E-state index contributed by atoms with van der Waals surface area (Å²) in [7, 11) is 3.91. The number of fused-ring (bicyclic) bond motifs is 1. The van der Waals surface area contributed by atoms with E-state index in [1.54, 1.807) is 4.90 Å². The van der Waals surface area contributed by atoms with Crippen molar-refractivity contribution >= 4 is 28.5 Å². The van der Waals surface area contributed by atoms with Gasteiger partial charge in [-0.1, -0.05) is 18.2 Å². The number of anilines is 1. The summed E-state index contributed by atoms with van der Waals surface area (Å²) in [6, 6.07) is 8.21. The van der Waals surface area contributed by atoms with Gasteiger partial charge in [-0.2, -0.15) is 0 Å². The second-order valence-electron chi connectivity index (χ2n) is 7.89. The van der Waals surface area contributed by atoms with Crippen molar-refractivity contribution in [3.63, 3.8) is 0 Å². The van der Waals surface area contributed by atoms with E-state index in [2.05, 4.69) is 6.07 Å². The number of benzene rings is 1. The fraction of sp³-hybridized carbons (Fsp3) is 0.500. The van der Waals surface area contributed by atoms with E-state index in [4.69, 9.17) is 15.5 Å². The van der Waals surface area contributed by atoms with Crippen LogP contribution in [0.4, 0.5) is 5.82 Å². The third kappa shape index (κ3) is 5.23. The number of carbonyl (C=O) groups is 2. The highest BCUT2D eigenvalue weighted by Crippen LogP contribution is 2.26. The topological polar surface area (TPSA) is 88.8 Å². The molecule has 156 valence electrons. The molecule has 2 aromatic rings. The Morgan fingerprint density at radius 2 is 2.07 bits per heavy atom. The molecule has 2 N–H and O–H groups in total. The molecule has 1 aliphatic rings. The molecule has 1 aromatic heterocycles. The van der Waals surface area contributed by atoms with Crippen LogP contribution in [0.3, 0.4) is 0 Å². The smallest absolute Gasteiger partial charge is 0.223 e. The van der Waals surface area contributed by atoms with Gasteiger partial charge in [0.1, 0.15) is 5.82 Å². The first-order chi connectivity index (χ1) is 13.8. The molecular weight excluding hydrogens is 368 g/mol. The standard InChI is InChI=1S/C22H30N4O3/c1-15-6-4-7-16-12-17(22(25(2)3)24-21(15)16)13-26(14-18-8-5-11-29-18)20(28)10-9-19(23)27/h4,6-7,12,18H,5,8-11,13-14H2,1-3H3,(H2,23,27)/t18-/m1/s1. The highest BCUT2D eigenvalue weighted by Gasteiger charge is 2.24. The summed E-state index contributed by atoms with van der Waals surface area (Å²) < 4.78 is 5.75. The molecule has 0 saturated carbocycles. The lowest BCUT2D eigenvalue weighted by atomic mass is 10.1. The monoisotopic (exact) mass is 398 g/mol. The quantitative estimate of drug-likeness (QED) is 0.737. The number of aryl methyl sites for hydroxylation is 1. The Morgan fingerprint density at radius 1 is 1.28 bits per heavy atom. The van der Waals surface area contributed by atoms with Crippen molar-refractivity contribution in [2.24, 2.45) is 5.73 Å². The van der Waals surface area contributed by atoms with Crippen LogP contribution in [0.1, 0.15) is 36.8 Å². The van der Waals surface area contributed by atoms with Crippen LogP contribution in [-0.2, 0) is 20.9 Å². The first-order valence-corrected chi connectivity index (χ1v) is 10.1. The lowest BCUT2D eigenvalue weighted by molar-refractivity contribution is -0.135. The number of hydrogen-bond donors (Lipinski definition) is 1. The Morgan fingerprint density at radius 3 is 2.72 bits per heavy atom. The Hall–Kier alpha value is -2.67. The number of aromatic nitrogens is 1. The molecule has 2 amide bonds. The Balaban J connectivity index is 1.92. The van der Waals surface area contributed by atoms with Crippen molar-refractivity contribution in [2.45, 2.75) is 45.3 Å². The Kier molecular flexibility index (Phi) is 6.69. The van der Waals surface area contributed by atoms with E-state index in [9.17, 15) is 9.59 Å². The van der Waals surface area contributed by atoms with Crippen LogP contribution in [0.5, 0.6) is 0 Å². The Bertz CT molecular complexity index is 891. The fourth-order valence-electron chi connectivity index (χ4n) is 3.77. The molecule has 1 saturated heterocycles. The van der Waals surface area contributed by atoms with E-state index >= 15 is 0 Å². The molecule has 7 heteroatoms. The molecule has 0 bridgehead atoms. The van der Waals surface area contributed by atoms with Gasteiger partial charge in [0.2, 0.25) is 11.8 Å². The van der Waals surface area contributed by atoms with Gasteiger partial charge < -0.3 is 20.3 Å². The summed E-state index contributed by atoms with van der Waals surface area (Å²) in [6.07, 6.45) is 2.14. The number of hydrogen-bond acceptors (Lipinski definition) is 5. The number of nitrogens with zero attached hydrogens (tertiary/aromatic N) is 3. The molecular formula is C22H30N4O3. The molecule has 0 unspecified atom stereocenters. The largest absolute Gasteiger partial charge is 0.376 e. The predicted octanol–water partition coefficient (Wildman–Crippen LogP) is 2.38. The summed E-state index contributed by atoms with van der Waals surface area (Å²) in [5.41, 5.74) is 8.30. The van der Waals surface area contributed by atoms with Gasteiger partial charge in [-0.3, -0.25) is 9.59 Å². The maximum Gasteiger partial charge on any atom is 0.223 e. The number of amides is 2. The van der Waals surface area contributed by atoms with Crippen LogP contribution >= 0.6 is 0 Å². The maximum atomic E-state index is 12.9. The predicted molar refractivity (Wildman–Crippen MR) is 114 cm³/mol. The zero-order valence-electron chi connectivity index (χ0n) is 17.5. The average molecular weight is 399 g/mol. The second-order valence-corrected chi connectivity index (χ2v) is 7.89. The zero-order chi connectivity index (χ0) is 21.0. The number of primary amides is 1. The highest BCUT2D eigenvalue weighted by atomic mass is 16.5. The third-order valence-corrected chi connectivity index (χ3v) is 5.27. The van der Waals surface area contributed by atoms with Gasteiger partial charge in [-0.25, -0.2) is 4.98 Å². The van der Waals surface area contributed by atoms with Gasteiger partial charge in [-0.15, -0.1) is 0 Å². The summed E-state index contributed by atoms with van der Waals surface area (Å²) >= 11 is 0. The second kappa shape index (κ2) is 9.22. The van der Waals surface area contributed by atoms with E-state index in [1.807, 2.05) is 44.1 Å². The number of rotatable bonds is 8. The lowest BCUT2D eigenvalue weighted by Gasteiger charge is -2.27. The van der Waals surface area contributed by atoms with Gasteiger partial charge in [0, 0.05) is 57.6 Å². The minimum Gasteiger partial charge on any atom is -0.376 e. The van der Waals surface area contributed by atoms with Crippen molar-refractivity contribution in [3.8, 4) is 0 Å². The van der Waals surface area contributed by atoms with Crippen molar-refractivity contribution in [3.05, 3.63) is 35.4 Å². The number of pyridine rings is 1. The van der Waals surface area contributed by atoms with Gasteiger partial charge in [-0.05, 0) is 31.4 Å². The molecule has 0 spiro atoms. The van der Waals surface area contributed by atoms with E-state index in [1.165, 1.54) is 0 Å². The van der Waals surface area contributed by atoms with Crippen LogP contribution in [0.25, 0.3) is 10.9 Å². The molecule has 1 aromatic carbocycles. The van der Waals surface area contributed by atoms with Crippen LogP contribution in [0.15, 0.2) is 24.3 Å². The van der Waals surface area contributed by atoms with E-state index < -0.39 is 5.91 Å². The molecule has 29 heavy (non-hydrogen) atoms. The van der Waals surface area contributed by atoms with Gasteiger partial charge in [0.05, 0.1) is 11.6 Å². The number of carbonyl (C=O) groups excluding carboxylic acids is 2. The first-order valence-electron chi connectivity index (χ1n) is 10.1. The number of ether oxygens (including phenoxy) is 1. The van der Waals surface area contributed by atoms with E-state index in [0.717, 1.165) is 47.3 Å². The van der Waals surface area contributed by atoms with Gasteiger partial charge in [0.25, 0.3) is 0 Å². The summed E-state index contributed by atoms with van der Waals surface area (Å²) in [4.78, 5) is 32.7. The average Bonchev–Trinajstić information content (AvgIpc) is 3.18. The molecule has 2 heterocycles. The van der Waals surface area contributed by atoms with Crippen molar-refractivity contribution in [1.29, 1.82) is 0 Å². The van der Waals surface area contributed by atoms with Crippen molar-refractivity contribution < 1.29 is 14.3 Å². The molecule has 1 aliphatic heterocycles. The maximum absolute atomic E-state index is 12.9. The molecule has 0 aliphatic carbocycles. The number of para-hydroxylation sites is 1. The molecule has 3 rings (SSSR count). The Labute approximate surface area is 171 Å². The van der Waals surface area contributed by atoms with Crippen molar-refractivity contribution in [1.82, 2.24) is 9.88 Å². The van der Waals surface area contributed by atoms with Crippen LogP contribution in [-0.4, -0.2) is 55.0 Å². The van der Waals surface area contributed by atoms with E-state index in [-0.39, 0.29) is 24.9 Å². The van der Waals surface area contributed by atoms with Crippen LogP contribution in [0, 0.1) is 6.92 Å². The summed E-state index contributed by atoms with van der Waals surface area (Å²) in [5.74, 6) is 0.285. The summed E-state index contributed by atoms with van der Waals surface area (Å²) in [6.45, 7) is 3.71. The summed E-state index contributed by atoms with van der Waals surface area (Å²) in [5, 5.41) is 1.05. The minimum atomic E-state index is -0.466. The van der Waals surface area contributed by atoms with Gasteiger partial charge in [0.15, 0.2) is 0 Å². The molecule has 0 radical (unpaired) electrons. The van der Waals surface area contributed by atoms with E-state index in [0.29, 0.717) is 13.1 Å². The fourth-order valence-corrected chi connectivity index (χ4v) is 3.77. The van der Waals surface area contributed by atoms with Gasteiger partial charge >= 0.3 is 0 Å². The highest BCUT2D eigenvalue weighted by molar-refractivity contribution is 5.85. The zero-order valence-corrected chi connectivity index (χ0v) is 17.5. The third-order valence-electron chi connectivity index (χ3n) is 5.27. The number of nitrogens with two attached hydrogens (primary N) is 1. The van der Waals surface area contributed by atoms with Crippen LogP contribution < -0.4 is 10.6 Å².